The van der Waals surface area contributed by atoms with Crippen molar-refractivity contribution in [1.29, 1.82) is 0 Å². The van der Waals surface area contributed by atoms with Gasteiger partial charge >= 0.3 is 10.8 Å². The van der Waals surface area contributed by atoms with E-state index in [-0.39, 0.29) is 47.4 Å². The van der Waals surface area contributed by atoms with Gasteiger partial charge in [0.15, 0.2) is 0 Å². The van der Waals surface area contributed by atoms with Crippen molar-refractivity contribution in [2.24, 2.45) is 0 Å². The van der Waals surface area contributed by atoms with Gasteiger partial charge in [0.1, 0.15) is 16.6 Å². The van der Waals surface area contributed by atoms with Crippen molar-refractivity contribution in [3.63, 3.8) is 0 Å². The maximum absolute atomic E-state index is 13.7. The molecule has 6 rings (SSSR count). The highest BCUT2D eigenvalue weighted by molar-refractivity contribution is 7.89. The highest BCUT2D eigenvalue weighted by Crippen LogP contribution is 2.27. The van der Waals surface area contributed by atoms with Crippen molar-refractivity contribution >= 4 is 38.4 Å². The fraction of sp³-hybridized carbons (Fsp3) is 0.385. The maximum atomic E-state index is 13.7. The molecule has 0 saturated carbocycles. The zero-order valence-electron chi connectivity index (χ0n) is 21.6. The van der Waals surface area contributed by atoms with E-state index in [9.17, 15) is 18.0 Å². The first-order valence-corrected chi connectivity index (χ1v) is 15.1. The molecule has 5 heterocycles. The molecule has 12 nitrogen and oxygen atoms in total. The van der Waals surface area contributed by atoms with E-state index in [1.54, 1.807) is 29.2 Å². The Hall–Kier alpha value is -3.77. The van der Waals surface area contributed by atoms with Gasteiger partial charge in [-0.25, -0.2) is 13.4 Å². The van der Waals surface area contributed by atoms with Crippen molar-refractivity contribution < 1.29 is 17.6 Å². The lowest BCUT2D eigenvalue weighted by molar-refractivity contribution is 0.0509. The van der Waals surface area contributed by atoms with Gasteiger partial charge in [-0.3, -0.25) is 14.6 Å². The van der Waals surface area contributed by atoms with Crippen LogP contribution in [0.5, 0.6) is 0 Å². The van der Waals surface area contributed by atoms with Crippen LogP contribution in [-0.2, 0) is 29.4 Å². The van der Waals surface area contributed by atoms with E-state index in [1.807, 2.05) is 6.92 Å². The monoisotopic (exact) mass is 581 g/mol. The first-order chi connectivity index (χ1) is 19.2. The molecule has 0 spiro atoms. The zero-order valence-corrected chi connectivity index (χ0v) is 23.3. The fourth-order valence-electron chi connectivity index (χ4n) is 5.23. The number of aromatic nitrogens is 4. The van der Waals surface area contributed by atoms with Crippen LogP contribution in [0.3, 0.4) is 0 Å². The van der Waals surface area contributed by atoms with E-state index >= 15 is 0 Å². The molecule has 2 atom stereocenters. The Morgan fingerprint density at radius 3 is 2.90 bits per heavy atom. The molecule has 1 amide bonds. The van der Waals surface area contributed by atoms with Crippen LogP contribution >= 0.6 is 11.5 Å². The smallest absolute Gasteiger partial charge is 0.323 e. The SMILES string of the molecule is C#Cc1ccc2[nH]c(S(=O)(=O)N3CCN(C(=O)c4nc5c(o4)CNC(C)C5)C(CCc4nsc(=O)[nH]4)C3)cc2c1. The van der Waals surface area contributed by atoms with Crippen molar-refractivity contribution in [1.82, 2.24) is 33.8 Å². The summed E-state index contributed by atoms with van der Waals surface area (Å²) in [6, 6.07) is 6.55. The minimum atomic E-state index is -3.91. The van der Waals surface area contributed by atoms with Crippen LogP contribution in [0.4, 0.5) is 0 Å². The number of rotatable bonds is 6. The number of H-pyrrole nitrogens is 2. The van der Waals surface area contributed by atoms with E-state index in [1.165, 1.54) is 4.31 Å². The molecular weight excluding hydrogens is 554 g/mol. The fourth-order valence-corrected chi connectivity index (χ4v) is 7.21. The summed E-state index contributed by atoms with van der Waals surface area (Å²) in [6.07, 6.45) is 6.90. The minimum absolute atomic E-state index is 0.00390. The second kappa shape index (κ2) is 10.3. The Balaban J connectivity index is 1.27. The molecule has 208 valence electrons. The minimum Gasteiger partial charge on any atom is -0.436 e. The van der Waals surface area contributed by atoms with E-state index < -0.39 is 16.1 Å². The Morgan fingerprint density at radius 1 is 1.27 bits per heavy atom. The summed E-state index contributed by atoms with van der Waals surface area (Å²) >= 11 is 0.822. The molecule has 3 N–H and O–H groups in total. The van der Waals surface area contributed by atoms with Crippen LogP contribution in [0, 0.1) is 12.3 Å². The number of hydrogen-bond donors (Lipinski definition) is 3. The molecular formula is C26H27N7O5S2. The summed E-state index contributed by atoms with van der Waals surface area (Å²) in [4.78, 5) is 36.7. The van der Waals surface area contributed by atoms with E-state index in [0.29, 0.717) is 53.9 Å². The number of amides is 1. The second-order valence-electron chi connectivity index (χ2n) is 10.1. The van der Waals surface area contributed by atoms with E-state index in [2.05, 4.69) is 30.6 Å². The lowest BCUT2D eigenvalue weighted by Gasteiger charge is -2.40. The number of sulfonamides is 1. The number of carbonyl (C=O) groups is 1. The number of nitrogens with one attached hydrogen (secondary N) is 3. The second-order valence-corrected chi connectivity index (χ2v) is 12.7. The number of aromatic amines is 2. The number of carbonyl (C=O) groups excluding carboxylic acids is 1. The number of aryl methyl sites for hydroxylation is 1. The van der Waals surface area contributed by atoms with Crippen LogP contribution in [0.1, 0.15) is 46.9 Å². The summed E-state index contributed by atoms with van der Waals surface area (Å²) in [7, 11) is -3.91. The number of nitrogens with zero attached hydrogens (tertiary/aromatic N) is 4. The maximum Gasteiger partial charge on any atom is 0.323 e. The third kappa shape index (κ3) is 4.97. The van der Waals surface area contributed by atoms with Crippen molar-refractivity contribution in [3.05, 3.63) is 62.7 Å². The number of terminal acetylenes is 1. The molecule has 1 aromatic carbocycles. The van der Waals surface area contributed by atoms with Gasteiger partial charge in [0.05, 0.1) is 12.2 Å². The summed E-state index contributed by atoms with van der Waals surface area (Å²) < 4.78 is 38.7. The van der Waals surface area contributed by atoms with Gasteiger partial charge in [-0.2, -0.15) is 8.68 Å². The number of oxazole rings is 1. The Labute approximate surface area is 234 Å². The molecule has 2 aliphatic rings. The molecule has 0 aliphatic carbocycles. The van der Waals surface area contributed by atoms with Gasteiger partial charge < -0.3 is 19.6 Å². The first kappa shape index (κ1) is 26.5. The molecule has 4 aromatic rings. The summed E-state index contributed by atoms with van der Waals surface area (Å²) in [6.45, 7) is 2.85. The number of fused-ring (bicyclic) bond motifs is 2. The topological polar surface area (TPSA) is 157 Å². The van der Waals surface area contributed by atoms with Crippen molar-refractivity contribution in [2.75, 3.05) is 19.6 Å². The molecule has 1 saturated heterocycles. The standard InChI is InChI=1S/C26H27N7O5S2/c1-3-16-4-6-19-17(11-16)12-23(28-19)40(36,37)32-8-9-33(18(14-32)5-7-22-30-26(35)39-31-22)25(34)24-29-20-10-15(2)27-13-21(20)38-24/h1,4,6,11-12,15,18,27-28H,5,7-10,13-14H2,2H3,(H,30,31,35). The van der Waals surface area contributed by atoms with E-state index in [0.717, 1.165) is 17.2 Å². The molecule has 0 radical (unpaired) electrons. The average Bonchev–Trinajstić information content (AvgIpc) is 3.68. The molecule has 0 bridgehead atoms. The van der Waals surface area contributed by atoms with Crippen molar-refractivity contribution in [3.8, 4) is 12.3 Å². The van der Waals surface area contributed by atoms with Crippen molar-refractivity contribution in [2.45, 2.75) is 49.8 Å². The van der Waals surface area contributed by atoms with Crippen LogP contribution < -0.4 is 10.2 Å². The Morgan fingerprint density at radius 2 is 2.12 bits per heavy atom. The molecule has 2 unspecified atom stereocenters. The van der Waals surface area contributed by atoms with Gasteiger partial charge in [-0.15, -0.1) is 6.42 Å². The number of piperazine rings is 1. The average molecular weight is 582 g/mol. The van der Waals surface area contributed by atoms with Gasteiger partial charge in [0, 0.05) is 72.6 Å². The highest BCUT2D eigenvalue weighted by Gasteiger charge is 2.39. The third-order valence-corrected chi connectivity index (χ3v) is 9.72. The van der Waals surface area contributed by atoms with Gasteiger partial charge in [0.2, 0.25) is 0 Å². The lowest BCUT2D eigenvalue weighted by Crippen LogP contribution is -2.56. The van der Waals surface area contributed by atoms with Crippen LogP contribution in [0.25, 0.3) is 10.9 Å². The van der Waals surface area contributed by atoms with E-state index in [4.69, 9.17) is 10.8 Å². The van der Waals surface area contributed by atoms with Crippen LogP contribution in [0.15, 0.2) is 38.5 Å². The molecule has 2 aliphatic heterocycles. The molecule has 3 aromatic heterocycles. The summed E-state index contributed by atoms with van der Waals surface area (Å²) in [5.74, 6) is 3.32. The normalized spacial score (nSPS) is 19.9. The first-order valence-electron chi connectivity index (χ1n) is 12.9. The van der Waals surface area contributed by atoms with Crippen LogP contribution in [-0.4, -0.2) is 74.6 Å². The van der Waals surface area contributed by atoms with Gasteiger partial charge in [0.25, 0.3) is 15.9 Å². The summed E-state index contributed by atoms with van der Waals surface area (Å²) in [5.41, 5.74) is 2.08. The quantitative estimate of drug-likeness (QED) is 0.289. The zero-order chi connectivity index (χ0) is 28.0. The molecule has 40 heavy (non-hydrogen) atoms. The predicted molar refractivity (Wildman–Crippen MR) is 147 cm³/mol. The molecule has 1 fully saturated rings. The number of benzene rings is 1. The van der Waals surface area contributed by atoms with Gasteiger partial charge in [-0.05, 0) is 37.6 Å². The van der Waals surface area contributed by atoms with Gasteiger partial charge in [-0.1, -0.05) is 5.92 Å². The lowest BCUT2D eigenvalue weighted by atomic mass is 10.1. The Kier molecular flexibility index (Phi) is 6.83. The Bertz CT molecular complexity index is 1790. The third-order valence-electron chi connectivity index (χ3n) is 7.36. The predicted octanol–water partition coefficient (Wildman–Crippen LogP) is 1.46. The van der Waals surface area contributed by atoms with Crippen LogP contribution in [0.2, 0.25) is 0 Å². The summed E-state index contributed by atoms with van der Waals surface area (Å²) in [5, 5.41) is 4.05. The molecule has 14 heteroatoms. The largest absolute Gasteiger partial charge is 0.436 e. The number of hydrogen-bond acceptors (Lipinski definition) is 9. The highest BCUT2D eigenvalue weighted by atomic mass is 32.2.